The van der Waals surface area contributed by atoms with Gasteiger partial charge in [-0.15, -0.1) is 0 Å². The lowest BCUT2D eigenvalue weighted by Crippen LogP contribution is -2.53. The van der Waals surface area contributed by atoms with E-state index in [-0.39, 0.29) is 12.0 Å². The Bertz CT molecular complexity index is 503. The number of hydrogen-bond donors (Lipinski definition) is 2. The SMILES string of the molecule is O=C1NC(=O)[C@]2(CCC[C@@H]2OCc2ccccc2)N1. The second-order valence-electron chi connectivity index (χ2n) is 5.06. The first-order valence-electron chi connectivity index (χ1n) is 6.50. The fraction of sp³-hybridized carbons (Fsp3) is 0.429. The van der Waals surface area contributed by atoms with Gasteiger partial charge in [-0.1, -0.05) is 30.3 Å². The number of imide groups is 1. The Morgan fingerprint density at radius 3 is 2.74 bits per heavy atom. The molecule has 100 valence electrons. The fourth-order valence-electron chi connectivity index (χ4n) is 2.88. The second kappa shape index (κ2) is 4.66. The third-order valence-electron chi connectivity index (χ3n) is 3.85. The van der Waals surface area contributed by atoms with Crippen molar-refractivity contribution in [2.75, 3.05) is 0 Å². The van der Waals surface area contributed by atoms with Crippen LogP contribution in [0.2, 0.25) is 0 Å². The monoisotopic (exact) mass is 260 g/mol. The first kappa shape index (κ1) is 12.2. The van der Waals surface area contributed by atoms with Crippen LogP contribution in [0.25, 0.3) is 0 Å². The zero-order valence-electron chi connectivity index (χ0n) is 10.5. The minimum atomic E-state index is -0.855. The predicted molar refractivity (Wildman–Crippen MR) is 68.3 cm³/mol. The van der Waals surface area contributed by atoms with Crippen LogP contribution in [0, 0.1) is 0 Å². The molecule has 0 unspecified atom stereocenters. The molecule has 2 atom stereocenters. The molecular weight excluding hydrogens is 244 g/mol. The normalized spacial score (nSPS) is 29.6. The molecule has 19 heavy (non-hydrogen) atoms. The lowest BCUT2D eigenvalue weighted by molar-refractivity contribution is -0.129. The summed E-state index contributed by atoms with van der Waals surface area (Å²) >= 11 is 0. The summed E-state index contributed by atoms with van der Waals surface area (Å²) in [5, 5.41) is 5.05. The molecule has 0 aromatic heterocycles. The van der Waals surface area contributed by atoms with E-state index in [0.29, 0.717) is 13.0 Å². The molecular formula is C14H16N2O3. The van der Waals surface area contributed by atoms with E-state index in [2.05, 4.69) is 10.6 Å². The average molecular weight is 260 g/mol. The molecule has 1 saturated carbocycles. The quantitative estimate of drug-likeness (QED) is 0.806. The van der Waals surface area contributed by atoms with Crippen molar-refractivity contribution in [2.24, 2.45) is 0 Å². The van der Waals surface area contributed by atoms with Crippen molar-refractivity contribution in [3.05, 3.63) is 35.9 Å². The van der Waals surface area contributed by atoms with Gasteiger partial charge in [0.05, 0.1) is 12.7 Å². The van der Waals surface area contributed by atoms with Crippen LogP contribution in [-0.2, 0) is 16.1 Å². The van der Waals surface area contributed by atoms with E-state index in [9.17, 15) is 9.59 Å². The van der Waals surface area contributed by atoms with E-state index in [1.54, 1.807) is 0 Å². The van der Waals surface area contributed by atoms with Gasteiger partial charge in [0, 0.05) is 0 Å². The van der Waals surface area contributed by atoms with Crippen molar-refractivity contribution in [3.63, 3.8) is 0 Å². The number of carbonyl (C=O) groups excluding carboxylic acids is 2. The number of urea groups is 1. The van der Waals surface area contributed by atoms with Crippen molar-refractivity contribution >= 4 is 11.9 Å². The van der Waals surface area contributed by atoms with E-state index in [4.69, 9.17) is 4.74 Å². The van der Waals surface area contributed by atoms with Gasteiger partial charge in [0.15, 0.2) is 0 Å². The molecule has 1 aliphatic heterocycles. The number of hydrogen-bond acceptors (Lipinski definition) is 3. The summed E-state index contributed by atoms with van der Waals surface area (Å²) in [6.45, 7) is 0.455. The lowest BCUT2D eigenvalue weighted by atomic mass is 9.95. The largest absolute Gasteiger partial charge is 0.371 e. The minimum absolute atomic E-state index is 0.251. The van der Waals surface area contributed by atoms with Crippen LogP contribution < -0.4 is 10.6 Å². The van der Waals surface area contributed by atoms with Crippen molar-refractivity contribution in [2.45, 2.75) is 37.5 Å². The molecule has 2 N–H and O–H groups in total. The van der Waals surface area contributed by atoms with Crippen LogP contribution in [0.3, 0.4) is 0 Å². The third-order valence-corrected chi connectivity index (χ3v) is 3.85. The molecule has 1 aromatic carbocycles. The van der Waals surface area contributed by atoms with Crippen LogP contribution in [0.5, 0.6) is 0 Å². The van der Waals surface area contributed by atoms with Gasteiger partial charge in [-0.05, 0) is 24.8 Å². The van der Waals surface area contributed by atoms with E-state index >= 15 is 0 Å². The second-order valence-corrected chi connectivity index (χ2v) is 5.06. The number of carbonyl (C=O) groups is 2. The number of ether oxygens (including phenoxy) is 1. The van der Waals surface area contributed by atoms with E-state index in [0.717, 1.165) is 18.4 Å². The maximum atomic E-state index is 12.0. The summed E-state index contributed by atoms with van der Waals surface area (Å²) in [6, 6.07) is 9.40. The Balaban J connectivity index is 1.71. The minimum Gasteiger partial charge on any atom is -0.371 e. The number of benzene rings is 1. The summed E-state index contributed by atoms with van der Waals surface area (Å²) in [7, 11) is 0. The Morgan fingerprint density at radius 2 is 2.05 bits per heavy atom. The van der Waals surface area contributed by atoms with Crippen LogP contribution in [-0.4, -0.2) is 23.6 Å². The van der Waals surface area contributed by atoms with E-state index < -0.39 is 11.6 Å². The molecule has 2 fully saturated rings. The molecule has 2 aliphatic rings. The predicted octanol–water partition coefficient (Wildman–Crippen LogP) is 1.33. The maximum Gasteiger partial charge on any atom is 0.322 e. The smallest absolute Gasteiger partial charge is 0.322 e. The number of rotatable bonds is 3. The highest BCUT2D eigenvalue weighted by molar-refractivity contribution is 6.07. The zero-order chi connectivity index (χ0) is 13.3. The zero-order valence-corrected chi connectivity index (χ0v) is 10.5. The van der Waals surface area contributed by atoms with Crippen molar-refractivity contribution in [1.82, 2.24) is 10.6 Å². The highest BCUT2D eigenvalue weighted by atomic mass is 16.5. The Morgan fingerprint density at radius 1 is 1.26 bits per heavy atom. The molecule has 1 spiro atoms. The molecule has 1 aliphatic carbocycles. The van der Waals surface area contributed by atoms with Crippen molar-refractivity contribution < 1.29 is 14.3 Å². The summed E-state index contributed by atoms with van der Waals surface area (Å²) < 4.78 is 5.87. The maximum absolute atomic E-state index is 12.0. The third kappa shape index (κ3) is 2.10. The van der Waals surface area contributed by atoms with Crippen molar-refractivity contribution in [1.29, 1.82) is 0 Å². The molecule has 1 saturated heterocycles. The Labute approximate surface area is 111 Å². The standard InChI is InChI=1S/C14H16N2O3/c17-12-14(16-13(18)15-12)8-4-7-11(14)19-9-10-5-2-1-3-6-10/h1-3,5-6,11H,4,7-9H2,(H2,15,16,17,18)/t11-,14+/m0/s1. The first-order valence-corrected chi connectivity index (χ1v) is 6.50. The average Bonchev–Trinajstić information content (AvgIpc) is 2.93. The highest BCUT2D eigenvalue weighted by Gasteiger charge is 2.55. The van der Waals surface area contributed by atoms with Gasteiger partial charge in [-0.25, -0.2) is 4.79 Å². The molecule has 1 aromatic rings. The number of nitrogens with one attached hydrogen (secondary N) is 2. The van der Waals surface area contributed by atoms with Gasteiger partial charge in [0.25, 0.3) is 5.91 Å². The first-order chi connectivity index (χ1) is 9.21. The van der Waals surface area contributed by atoms with Crippen LogP contribution in [0.15, 0.2) is 30.3 Å². The number of amides is 3. The molecule has 0 radical (unpaired) electrons. The van der Waals surface area contributed by atoms with E-state index in [1.165, 1.54) is 0 Å². The Kier molecular flexibility index (Phi) is 2.98. The summed E-state index contributed by atoms with van der Waals surface area (Å²) in [5.74, 6) is -0.256. The summed E-state index contributed by atoms with van der Waals surface area (Å²) in [4.78, 5) is 23.3. The summed E-state index contributed by atoms with van der Waals surface area (Å²) in [6.07, 6.45) is 2.07. The summed E-state index contributed by atoms with van der Waals surface area (Å²) in [5.41, 5.74) is 0.209. The van der Waals surface area contributed by atoms with E-state index in [1.807, 2.05) is 30.3 Å². The molecule has 1 heterocycles. The van der Waals surface area contributed by atoms with Gasteiger partial charge < -0.3 is 10.1 Å². The molecule has 3 rings (SSSR count). The highest BCUT2D eigenvalue weighted by Crippen LogP contribution is 2.35. The van der Waals surface area contributed by atoms with Gasteiger partial charge >= 0.3 is 6.03 Å². The fourth-order valence-corrected chi connectivity index (χ4v) is 2.88. The van der Waals surface area contributed by atoms with Crippen LogP contribution in [0.4, 0.5) is 4.79 Å². The van der Waals surface area contributed by atoms with Gasteiger partial charge in [0.2, 0.25) is 0 Å². The van der Waals surface area contributed by atoms with Crippen LogP contribution in [0.1, 0.15) is 24.8 Å². The van der Waals surface area contributed by atoms with Crippen molar-refractivity contribution in [3.8, 4) is 0 Å². The lowest BCUT2D eigenvalue weighted by Gasteiger charge is -2.28. The van der Waals surface area contributed by atoms with Gasteiger partial charge in [0.1, 0.15) is 5.54 Å². The van der Waals surface area contributed by atoms with Crippen LogP contribution >= 0.6 is 0 Å². The van der Waals surface area contributed by atoms with Gasteiger partial charge in [-0.2, -0.15) is 0 Å². The van der Waals surface area contributed by atoms with Gasteiger partial charge in [-0.3, -0.25) is 10.1 Å². The molecule has 0 bridgehead atoms. The topological polar surface area (TPSA) is 67.4 Å². The molecule has 3 amide bonds. The Hall–Kier alpha value is -1.88. The molecule has 5 heteroatoms. The molecule has 5 nitrogen and oxygen atoms in total.